The molecule has 0 radical (unpaired) electrons. The van der Waals surface area contributed by atoms with Gasteiger partial charge in [-0.05, 0) is 11.1 Å². The fourth-order valence-electron chi connectivity index (χ4n) is 3.43. The second-order valence-electron chi connectivity index (χ2n) is 7.23. The number of Topliss-reactive ketones (excluding diaryl/α,β-unsaturated/α-hetero) is 1. The summed E-state index contributed by atoms with van der Waals surface area (Å²) in [5, 5.41) is 4.97. The third-order valence-electron chi connectivity index (χ3n) is 5.31. The van der Waals surface area contributed by atoms with Gasteiger partial charge in [-0.1, -0.05) is 62.4 Å². The van der Waals surface area contributed by atoms with E-state index in [9.17, 15) is 4.79 Å². The standard InChI is InChI=1S/C23H22N4OS2/c1-13(15-3-7-17(8-4-15)19-11-29-22(24)26-19)21(28)14(2)16-5-9-18(10-6-16)20-12-30-23(25)27-20/h3-14H,1-2H3,(H2,24,26)(H2,25,27). The van der Waals surface area contributed by atoms with Crippen molar-refractivity contribution in [2.75, 3.05) is 11.5 Å². The fraction of sp³-hybridized carbons (Fsp3) is 0.174. The van der Waals surface area contributed by atoms with E-state index in [1.807, 2.05) is 73.1 Å². The SMILES string of the molecule is CC(C(=O)C(C)c1ccc(-c2csc(N)n2)cc1)c1ccc(-c2csc(N)n2)cc1. The molecule has 30 heavy (non-hydrogen) atoms. The fourth-order valence-corrected chi connectivity index (χ4v) is 4.57. The Balaban J connectivity index is 1.47. The number of aromatic nitrogens is 2. The number of thiazole rings is 2. The molecule has 2 aromatic heterocycles. The van der Waals surface area contributed by atoms with Gasteiger partial charge in [0.25, 0.3) is 0 Å². The van der Waals surface area contributed by atoms with Gasteiger partial charge in [0.1, 0.15) is 5.78 Å². The normalized spacial score (nSPS) is 13.1. The molecule has 2 atom stereocenters. The Hall–Kier alpha value is -3.03. The first-order chi connectivity index (χ1) is 14.4. The van der Waals surface area contributed by atoms with Gasteiger partial charge in [0, 0.05) is 33.7 Å². The van der Waals surface area contributed by atoms with E-state index < -0.39 is 0 Å². The first-order valence-electron chi connectivity index (χ1n) is 9.59. The number of benzene rings is 2. The zero-order valence-electron chi connectivity index (χ0n) is 16.7. The summed E-state index contributed by atoms with van der Waals surface area (Å²) in [6.45, 7) is 3.92. The van der Waals surface area contributed by atoms with Crippen molar-refractivity contribution in [3.63, 3.8) is 0 Å². The summed E-state index contributed by atoms with van der Waals surface area (Å²) in [7, 11) is 0. The number of hydrogen-bond acceptors (Lipinski definition) is 7. The van der Waals surface area contributed by atoms with Crippen molar-refractivity contribution in [2.24, 2.45) is 0 Å². The van der Waals surface area contributed by atoms with Crippen LogP contribution in [0.5, 0.6) is 0 Å². The molecule has 0 aliphatic carbocycles. The van der Waals surface area contributed by atoms with Crippen LogP contribution in [0.15, 0.2) is 59.3 Å². The van der Waals surface area contributed by atoms with Gasteiger partial charge >= 0.3 is 0 Å². The Kier molecular flexibility index (Phi) is 5.65. The highest BCUT2D eigenvalue weighted by Gasteiger charge is 2.23. The molecule has 0 saturated carbocycles. The summed E-state index contributed by atoms with van der Waals surface area (Å²) in [5.41, 5.74) is 17.1. The highest BCUT2D eigenvalue weighted by molar-refractivity contribution is 7.14. The van der Waals surface area contributed by atoms with E-state index in [-0.39, 0.29) is 17.6 Å². The predicted octanol–water partition coefficient (Wildman–Crippen LogP) is 5.57. The quantitative estimate of drug-likeness (QED) is 0.413. The van der Waals surface area contributed by atoms with Crippen molar-refractivity contribution in [3.05, 3.63) is 70.4 Å². The number of ketones is 1. The van der Waals surface area contributed by atoms with Crippen molar-refractivity contribution in [3.8, 4) is 22.5 Å². The van der Waals surface area contributed by atoms with Gasteiger partial charge in [-0.15, -0.1) is 22.7 Å². The van der Waals surface area contributed by atoms with Crippen LogP contribution in [-0.4, -0.2) is 15.8 Å². The molecule has 0 aliphatic heterocycles. The van der Waals surface area contributed by atoms with Crippen LogP contribution < -0.4 is 11.5 Å². The van der Waals surface area contributed by atoms with Crippen LogP contribution in [0.1, 0.15) is 36.8 Å². The van der Waals surface area contributed by atoms with E-state index in [2.05, 4.69) is 9.97 Å². The summed E-state index contributed by atoms with van der Waals surface area (Å²) in [6, 6.07) is 16.0. The van der Waals surface area contributed by atoms with Gasteiger partial charge < -0.3 is 11.5 Å². The lowest BCUT2D eigenvalue weighted by Crippen LogP contribution is -2.16. The van der Waals surface area contributed by atoms with E-state index in [1.54, 1.807) is 0 Å². The number of nitrogens with zero attached hydrogens (tertiary/aromatic N) is 2. The van der Waals surface area contributed by atoms with E-state index >= 15 is 0 Å². The van der Waals surface area contributed by atoms with Gasteiger partial charge in [0.15, 0.2) is 10.3 Å². The average Bonchev–Trinajstić information content (AvgIpc) is 3.41. The molecule has 2 unspecified atom stereocenters. The second kappa shape index (κ2) is 8.38. The van der Waals surface area contributed by atoms with Gasteiger partial charge in [-0.2, -0.15) is 0 Å². The molecule has 5 nitrogen and oxygen atoms in total. The number of anilines is 2. The Morgan fingerprint density at radius 1 is 0.733 bits per heavy atom. The molecular weight excluding hydrogens is 412 g/mol. The smallest absolute Gasteiger partial charge is 0.180 e. The topological polar surface area (TPSA) is 94.9 Å². The average molecular weight is 435 g/mol. The van der Waals surface area contributed by atoms with Crippen molar-refractivity contribution in [1.29, 1.82) is 0 Å². The summed E-state index contributed by atoms with van der Waals surface area (Å²) in [5.74, 6) is -0.216. The monoisotopic (exact) mass is 434 g/mol. The number of carbonyl (C=O) groups excluding carboxylic acids is 1. The molecular formula is C23H22N4OS2. The van der Waals surface area contributed by atoms with Crippen LogP contribution in [0, 0.1) is 0 Å². The minimum absolute atomic E-state index is 0.186. The zero-order chi connectivity index (χ0) is 21.3. The molecule has 4 N–H and O–H groups in total. The molecule has 4 aromatic rings. The van der Waals surface area contributed by atoms with Gasteiger partial charge in [0.2, 0.25) is 0 Å². The van der Waals surface area contributed by atoms with Crippen molar-refractivity contribution in [2.45, 2.75) is 25.7 Å². The Bertz CT molecular complexity index is 1070. The lowest BCUT2D eigenvalue weighted by atomic mass is 9.85. The predicted molar refractivity (Wildman–Crippen MR) is 126 cm³/mol. The van der Waals surface area contributed by atoms with E-state index in [0.29, 0.717) is 10.3 Å². The molecule has 0 fully saturated rings. The van der Waals surface area contributed by atoms with Crippen molar-refractivity contribution in [1.82, 2.24) is 9.97 Å². The molecule has 0 aliphatic rings. The number of carbonyl (C=O) groups is 1. The molecule has 0 spiro atoms. The van der Waals surface area contributed by atoms with Crippen LogP contribution in [-0.2, 0) is 4.79 Å². The van der Waals surface area contributed by atoms with E-state index in [4.69, 9.17) is 11.5 Å². The molecule has 2 aromatic carbocycles. The highest BCUT2D eigenvalue weighted by atomic mass is 32.1. The molecule has 2 heterocycles. The Labute approximate surface area is 183 Å². The highest BCUT2D eigenvalue weighted by Crippen LogP contribution is 2.30. The first-order valence-corrected chi connectivity index (χ1v) is 11.3. The summed E-state index contributed by atoms with van der Waals surface area (Å²) < 4.78 is 0. The number of hydrogen-bond donors (Lipinski definition) is 2. The third kappa shape index (κ3) is 4.13. The minimum atomic E-state index is -0.201. The third-order valence-corrected chi connectivity index (χ3v) is 6.66. The van der Waals surface area contributed by atoms with Crippen LogP contribution in [0.4, 0.5) is 10.3 Å². The van der Waals surface area contributed by atoms with E-state index in [1.165, 1.54) is 22.7 Å². The number of nitrogens with two attached hydrogens (primary N) is 2. The summed E-state index contributed by atoms with van der Waals surface area (Å²) >= 11 is 2.84. The maximum Gasteiger partial charge on any atom is 0.180 e. The molecule has 7 heteroatoms. The molecule has 0 saturated heterocycles. The lowest BCUT2D eigenvalue weighted by Gasteiger charge is -2.17. The van der Waals surface area contributed by atoms with Gasteiger partial charge in [-0.25, -0.2) is 9.97 Å². The zero-order valence-corrected chi connectivity index (χ0v) is 18.3. The minimum Gasteiger partial charge on any atom is -0.375 e. The summed E-state index contributed by atoms with van der Waals surface area (Å²) in [6.07, 6.45) is 0. The first kappa shape index (κ1) is 20.3. The molecule has 152 valence electrons. The lowest BCUT2D eigenvalue weighted by molar-refractivity contribution is -0.121. The molecule has 4 rings (SSSR count). The molecule has 0 bridgehead atoms. The maximum atomic E-state index is 13.1. The van der Waals surface area contributed by atoms with Gasteiger partial charge in [0.05, 0.1) is 11.4 Å². The van der Waals surface area contributed by atoms with Crippen LogP contribution in [0.3, 0.4) is 0 Å². The second-order valence-corrected chi connectivity index (χ2v) is 9.01. The summed E-state index contributed by atoms with van der Waals surface area (Å²) in [4.78, 5) is 21.7. The van der Waals surface area contributed by atoms with E-state index in [0.717, 1.165) is 33.6 Å². The Morgan fingerprint density at radius 3 is 1.40 bits per heavy atom. The van der Waals surface area contributed by atoms with Crippen molar-refractivity contribution >= 4 is 38.7 Å². The molecule has 0 amide bonds. The maximum absolute atomic E-state index is 13.1. The van der Waals surface area contributed by atoms with Crippen LogP contribution in [0.2, 0.25) is 0 Å². The van der Waals surface area contributed by atoms with Crippen LogP contribution >= 0.6 is 22.7 Å². The van der Waals surface area contributed by atoms with Gasteiger partial charge in [-0.3, -0.25) is 4.79 Å². The van der Waals surface area contributed by atoms with Crippen LogP contribution in [0.25, 0.3) is 22.5 Å². The Morgan fingerprint density at radius 2 is 1.10 bits per heavy atom. The number of nitrogen functional groups attached to an aromatic ring is 2. The van der Waals surface area contributed by atoms with Crippen molar-refractivity contribution < 1.29 is 4.79 Å². The largest absolute Gasteiger partial charge is 0.375 e. The number of rotatable bonds is 6.